The van der Waals surface area contributed by atoms with E-state index in [9.17, 15) is 18.8 Å². The zero-order valence-electron chi connectivity index (χ0n) is 13.2. The van der Waals surface area contributed by atoms with Crippen LogP contribution in [0.2, 0.25) is 0 Å². The number of Topliss-reactive ketones (excluding diaryl/α,β-unsaturated/α-hetero) is 1. The van der Waals surface area contributed by atoms with Crippen LogP contribution in [0.1, 0.15) is 21.5 Å². The Kier molecular flexibility index (Phi) is 4.19. The minimum absolute atomic E-state index is 0.275. The summed E-state index contributed by atoms with van der Waals surface area (Å²) in [6.07, 6.45) is 0. The average molecular weight is 346 g/mol. The molecule has 1 aromatic carbocycles. The molecule has 1 aromatic heterocycles. The van der Waals surface area contributed by atoms with Crippen molar-refractivity contribution >= 4 is 34.7 Å². The molecular formula is C17H15FN2O3S. The van der Waals surface area contributed by atoms with Gasteiger partial charge >= 0.3 is 6.03 Å². The van der Waals surface area contributed by atoms with Gasteiger partial charge in [0.15, 0.2) is 5.78 Å². The first-order valence-electron chi connectivity index (χ1n) is 7.38. The second kappa shape index (κ2) is 6.16. The highest BCUT2D eigenvalue weighted by Crippen LogP contribution is 2.26. The molecule has 1 atom stereocenters. The van der Waals surface area contributed by atoms with Crippen LogP contribution in [0.15, 0.2) is 36.4 Å². The van der Waals surface area contributed by atoms with E-state index in [4.69, 9.17) is 0 Å². The largest absolute Gasteiger partial charge is 0.332 e. The maximum atomic E-state index is 13.1. The Hall–Kier alpha value is -2.54. The number of aryl methyl sites for hydroxylation is 1. The second-order valence-electron chi connectivity index (χ2n) is 5.56. The second-order valence-corrected chi connectivity index (χ2v) is 6.85. The molecule has 5 nitrogen and oxygen atoms in total. The zero-order chi connectivity index (χ0) is 17.4. The molecule has 3 amide bonds. The topological polar surface area (TPSA) is 57.7 Å². The van der Waals surface area contributed by atoms with Crippen LogP contribution in [0.3, 0.4) is 0 Å². The highest BCUT2D eigenvalue weighted by molar-refractivity contribution is 7.14. The summed E-state index contributed by atoms with van der Waals surface area (Å²) in [5, 5.41) is 0. The van der Waals surface area contributed by atoms with E-state index in [2.05, 4.69) is 0 Å². The molecular weight excluding hydrogens is 331 g/mol. The van der Waals surface area contributed by atoms with Crippen LogP contribution in [-0.4, -0.2) is 35.2 Å². The molecule has 1 fully saturated rings. The van der Waals surface area contributed by atoms with Gasteiger partial charge in [0.2, 0.25) is 0 Å². The molecule has 1 saturated heterocycles. The highest BCUT2D eigenvalue weighted by atomic mass is 32.1. The Balaban J connectivity index is 1.82. The number of amides is 3. The fourth-order valence-corrected chi connectivity index (χ4v) is 3.41. The molecule has 1 unspecified atom stereocenters. The number of imide groups is 1. The highest BCUT2D eigenvalue weighted by Gasteiger charge is 2.44. The van der Waals surface area contributed by atoms with Crippen LogP contribution in [0.25, 0.3) is 0 Å². The number of thiophene rings is 1. The van der Waals surface area contributed by atoms with Crippen LogP contribution >= 0.6 is 11.3 Å². The van der Waals surface area contributed by atoms with Crippen LogP contribution in [0, 0.1) is 12.7 Å². The predicted octanol–water partition coefficient (Wildman–Crippen LogP) is 3.24. The molecule has 0 aliphatic carbocycles. The Labute approximate surface area is 142 Å². The van der Waals surface area contributed by atoms with Gasteiger partial charge in [-0.3, -0.25) is 19.4 Å². The van der Waals surface area contributed by atoms with Crippen molar-refractivity contribution in [3.8, 4) is 0 Å². The lowest BCUT2D eigenvalue weighted by Gasteiger charge is -2.19. The van der Waals surface area contributed by atoms with E-state index in [1.54, 1.807) is 13.0 Å². The molecule has 1 aliphatic rings. The molecule has 0 saturated carbocycles. The summed E-state index contributed by atoms with van der Waals surface area (Å²) in [4.78, 5) is 41.0. The van der Waals surface area contributed by atoms with Gasteiger partial charge in [-0.25, -0.2) is 9.18 Å². The molecule has 1 aliphatic heterocycles. The number of rotatable bonds is 4. The third-order valence-corrected chi connectivity index (χ3v) is 4.91. The lowest BCUT2D eigenvalue weighted by Crippen LogP contribution is -2.36. The third kappa shape index (κ3) is 2.82. The standard InChI is InChI=1S/C17H15FN2O3S/c1-10-3-8-15(24-10)14(21)9-19-16(22)11(2)20(17(19)23)13-6-4-12(18)5-7-13/h3-8,11H,9H2,1-2H3. The van der Waals surface area contributed by atoms with Crippen molar-refractivity contribution in [2.75, 3.05) is 11.4 Å². The summed E-state index contributed by atoms with van der Waals surface area (Å²) in [7, 11) is 0. The number of benzene rings is 1. The first-order valence-corrected chi connectivity index (χ1v) is 8.20. The van der Waals surface area contributed by atoms with Gasteiger partial charge in [-0.1, -0.05) is 0 Å². The van der Waals surface area contributed by atoms with E-state index in [-0.39, 0.29) is 12.3 Å². The number of hydrogen-bond acceptors (Lipinski definition) is 4. The Morgan fingerprint density at radius 3 is 2.42 bits per heavy atom. The van der Waals surface area contributed by atoms with Crippen LogP contribution in [-0.2, 0) is 4.79 Å². The van der Waals surface area contributed by atoms with E-state index in [1.165, 1.54) is 40.5 Å². The van der Waals surface area contributed by atoms with Crippen molar-refractivity contribution in [1.82, 2.24) is 4.90 Å². The van der Waals surface area contributed by atoms with Gasteiger partial charge in [0, 0.05) is 10.6 Å². The van der Waals surface area contributed by atoms with Crippen molar-refractivity contribution in [1.29, 1.82) is 0 Å². The van der Waals surface area contributed by atoms with E-state index in [0.717, 1.165) is 9.78 Å². The number of carbonyl (C=O) groups excluding carboxylic acids is 3. The molecule has 0 radical (unpaired) electrons. The quantitative estimate of drug-likeness (QED) is 0.631. The lowest BCUT2D eigenvalue weighted by molar-refractivity contribution is -0.126. The number of hydrogen-bond donors (Lipinski definition) is 0. The lowest BCUT2D eigenvalue weighted by atomic mass is 10.2. The summed E-state index contributed by atoms with van der Waals surface area (Å²) >= 11 is 1.33. The van der Waals surface area contributed by atoms with Gasteiger partial charge in [-0.2, -0.15) is 0 Å². The number of ketones is 1. The molecule has 124 valence electrons. The van der Waals surface area contributed by atoms with Gasteiger partial charge in [0.1, 0.15) is 11.9 Å². The molecule has 7 heteroatoms. The van der Waals surface area contributed by atoms with Crippen molar-refractivity contribution in [3.05, 3.63) is 52.0 Å². The Bertz CT molecular complexity index is 815. The summed E-state index contributed by atoms with van der Waals surface area (Å²) in [6.45, 7) is 3.18. The monoisotopic (exact) mass is 346 g/mol. The van der Waals surface area contributed by atoms with Crippen LogP contribution in [0.5, 0.6) is 0 Å². The third-order valence-electron chi connectivity index (χ3n) is 3.87. The smallest absolute Gasteiger partial charge is 0.291 e. The van der Waals surface area contributed by atoms with Gasteiger partial charge in [-0.15, -0.1) is 11.3 Å². The number of urea groups is 1. The molecule has 24 heavy (non-hydrogen) atoms. The number of halogens is 1. The summed E-state index contributed by atoms with van der Waals surface area (Å²) in [6, 6.07) is 7.52. The molecule has 2 heterocycles. The van der Waals surface area contributed by atoms with Crippen LogP contribution < -0.4 is 4.90 Å². The maximum absolute atomic E-state index is 13.1. The van der Waals surface area contributed by atoms with Crippen molar-refractivity contribution in [2.45, 2.75) is 19.9 Å². The molecule has 2 aromatic rings. The number of anilines is 1. The van der Waals surface area contributed by atoms with E-state index < -0.39 is 23.8 Å². The predicted molar refractivity (Wildman–Crippen MR) is 88.8 cm³/mol. The molecule has 0 spiro atoms. The van der Waals surface area contributed by atoms with Crippen molar-refractivity contribution in [3.63, 3.8) is 0 Å². The summed E-state index contributed by atoms with van der Waals surface area (Å²) < 4.78 is 13.1. The van der Waals surface area contributed by atoms with Gasteiger partial charge < -0.3 is 0 Å². The normalized spacial score (nSPS) is 17.7. The average Bonchev–Trinajstić information content (AvgIpc) is 3.07. The maximum Gasteiger partial charge on any atom is 0.332 e. The summed E-state index contributed by atoms with van der Waals surface area (Å²) in [5.74, 6) is -1.14. The van der Waals surface area contributed by atoms with Crippen LogP contribution in [0.4, 0.5) is 14.9 Å². The SMILES string of the molecule is Cc1ccc(C(=O)CN2C(=O)C(C)N(c3ccc(F)cc3)C2=O)s1. The number of carbonyl (C=O) groups is 3. The molecule has 0 bridgehead atoms. The Morgan fingerprint density at radius 2 is 1.83 bits per heavy atom. The molecule has 0 N–H and O–H groups in total. The van der Waals surface area contributed by atoms with Crippen molar-refractivity contribution < 1.29 is 18.8 Å². The van der Waals surface area contributed by atoms with E-state index >= 15 is 0 Å². The van der Waals surface area contributed by atoms with Gasteiger partial charge in [-0.05, 0) is 50.2 Å². The fraction of sp³-hybridized carbons (Fsp3) is 0.235. The van der Waals surface area contributed by atoms with E-state index in [1.807, 2.05) is 13.0 Å². The van der Waals surface area contributed by atoms with Gasteiger partial charge in [0.25, 0.3) is 5.91 Å². The minimum atomic E-state index is -0.735. The van der Waals surface area contributed by atoms with Gasteiger partial charge in [0.05, 0.1) is 11.4 Å². The van der Waals surface area contributed by atoms with E-state index in [0.29, 0.717) is 10.6 Å². The first-order chi connectivity index (χ1) is 11.4. The Morgan fingerprint density at radius 1 is 1.17 bits per heavy atom. The minimum Gasteiger partial charge on any atom is -0.291 e. The van der Waals surface area contributed by atoms with Crippen molar-refractivity contribution in [2.24, 2.45) is 0 Å². The summed E-state index contributed by atoms with van der Waals surface area (Å²) in [5.41, 5.74) is 0.421. The zero-order valence-corrected chi connectivity index (χ0v) is 14.0. The fourth-order valence-electron chi connectivity index (χ4n) is 2.61. The first kappa shape index (κ1) is 16.3. The number of nitrogens with zero attached hydrogens (tertiary/aromatic N) is 2. The molecule has 3 rings (SSSR count).